The van der Waals surface area contributed by atoms with E-state index in [9.17, 15) is 22.8 Å². The Hall–Kier alpha value is -2.87. The minimum atomic E-state index is -4.45. The van der Waals surface area contributed by atoms with Crippen molar-refractivity contribution in [1.82, 2.24) is 4.90 Å². The first-order valence-electron chi connectivity index (χ1n) is 9.78. The molecule has 3 rings (SSSR count). The average Bonchev–Trinajstić information content (AvgIpc) is 2.69. The highest BCUT2D eigenvalue weighted by molar-refractivity contribution is 5.93. The van der Waals surface area contributed by atoms with Gasteiger partial charge in [0.25, 0.3) is 0 Å². The van der Waals surface area contributed by atoms with Gasteiger partial charge in [-0.05, 0) is 42.6 Å². The van der Waals surface area contributed by atoms with Crippen molar-refractivity contribution in [3.63, 3.8) is 0 Å². The zero-order chi connectivity index (χ0) is 21.7. The molecule has 0 spiro atoms. The van der Waals surface area contributed by atoms with Crippen LogP contribution in [0.1, 0.15) is 29.5 Å². The molecule has 160 valence electrons. The van der Waals surface area contributed by atoms with E-state index < -0.39 is 17.6 Å². The fraction of sp³-hybridized carbons (Fsp3) is 0.364. The van der Waals surface area contributed by atoms with Gasteiger partial charge in [-0.1, -0.05) is 36.4 Å². The highest BCUT2D eigenvalue weighted by Crippen LogP contribution is 2.29. The van der Waals surface area contributed by atoms with Gasteiger partial charge in [0, 0.05) is 18.8 Å². The summed E-state index contributed by atoms with van der Waals surface area (Å²) < 4.78 is 38.6. The molecule has 3 N–H and O–H groups in total. The lowest BCUT2D eigenvalue weighted by Gasteiger charge is -2.31. The minimum Gasteiger partial charge on any atom is -0.369 e. The van der Waals surface area contributed by atoms with Crippen molar-refractivity contribution in [2.45, 2.75) is 32.0 Å². The van der Waals surface area contributed by atoms with Gasteiger partial charge in [-0.2, -0.15) is 13.2 Å². The van der Waals surface area contributed by atoms with E-state index >= 15 is 0 Å². The summed E-state index contributed by atoms with van der Waals surface area (Å²) >= 11 is 0. The Bertz CT molecular complexity index is 914. The molecule has 0 radical (unpaired) electrons. The number of benzene rings is 2. The molecule has 2 aromatic carbocycles. The first-order chi connectivity index (χ1) is 14.2. The van der Waals surface area contributed by atoms with E-state index in [-0.39, 0.29) is 18.2 Å². The van der Waals surface area contributed by atoms with Crippen LogP contribution in [0.5, 0.6) is 0 Å². The second kappa shape index (κ2) is 9.30. The summed E-state index contributed by atoms with van der Waals surface area (Å²) in [6.07, 6.45) is -2.96. The molecule has 1 atom stereocenters. The topological polar surface area (TPSA) is 75.4 Å². The maximum atomic E-state index is 12.9. The molecule has 2 amide bonds. The molecule has 1 aliphatic heterocycles. The van der Waals surface area contributed by atoms with Crippen LogP contribution in [0.15, 0.2) is 48.5 Å². The molecule has 1 unspecified atom stereocenters. The molecule has 2 aromatic rings. The molecule has 0 saturated carbocycles. The van der Waals surface area contributed by atoms with Crippen LogP contribution in [0, 0.1) is 5.92 Å². The Balaban J connectivity index is 1.66. The summed E-state index contributed by atoms with van der Waals surface area (Å²) in [5.74, 6) is -0.876. The first-order valence-corrected chi connectivity index (χ1v) is 9.78. The number of para-hydroxylation sites is 1. The Kier molecular flexibility index (Phi) is 6.77. The predicted molar refractivity (Wildman–Crippen MR) is 107 cm³/mol. The molecule has 8 heteroatoms. The standard InChI is InChI=1S/C22H24F3N3O2/c23-22(24,25)18-8-3-5-15(11-18)12-20(29)27-19-9-2-1-6-16(19)13-28-10-4-7-17(14-28)21(26)30/h1-3,5-6,8-9,11,17H,4,7,10,12-14H2,(H2,26,30)(H,27,29). The molecule has 5 nitrogen and oxygen atoms in total. The number of primary amides is 1. The van der Waals surface area contributed by atoms with Crippen LogP contribution in [-0.2, 0) is 28.7 Å². The number of anilines is 1. The van der Waals surface area contributed by atoms with Gasteiger partial charge in [0.1, 0.15) is 0 Å². The number of alkyl halides is 3. The lowest BCUT2D eigenvalue weighted by Crippen LogP contribution is -2.40. The number of likely N-dealkylation sites (tertiary alicyclic amines) is 1. The van der Waals surface area contributed by atoms with Gasteiger partial charge in [0.15, 0.2) is 0 Å². The van der Waals surface area contributed by atoms with Crippen LogP contribution in [0.2, 0.25) is 0 Å². The Morgan fingerprint density at radius 3 is 2.63 bits per heavy atom. The van der Waals surface area contributed by atoms with Gasteiger partial charge < -0.3 is 11.1 Å². The SMILES string of the molecule is NC(=O)C1CCCN(Cc2ccccc2NC(=O)Cc2cccc(C(F)(F)F)c2)C1. The fourth-order valence-corrected chi connectivity index (χ4v) is 3.69. The van der Waals surface area contributed by atoms with Gasteiger partial charge in [-0.15, -0.1) is 0 Å². The van der Waals surface area contributed by atoms with E-state index in [0.29, 0.717) is 24.3 Å². The molecule has 1 saturated heterocycles. The number of nitrogens with two attached hydrogens (primary N) is 1. The van der Waals surface area contributed by atoms with Crippen molar-refractivity contribution in [1.29, 1.82) is 0 Å². The van der Waals surface area contributed by atoms with Crippen LogP contribution in [0.4, 0.5) is 18.9 Å². The largest absolute Gasteiger partial charge is 0.416 e. The zero-order valence-electron chi connectivity index (χ0n) is 16.4. The molecule has 0 aromatic heterocycles. The lowest BCUT2D eigenvalue weighted by atomic mass is 9.97. The van der Waals surface area contributed by atoms with Gasteiger partial charge in [0.2, 0.25) is 11.8 Å². The molecular weight excluding hydrogens is 395 g/mol. The number of hydrogen-bond donors (Lipinski definition) is 2. The second-order valence-electron chi connectivity index (χ2n) is 7.56. The smallest absolute Gasteiger partial charge is 0.369 e. The van der Waals surface area contributed by atoms with E-state index in [4.69, 9.17) is 5.73 Å². The highest BCUT2D eigenvalue weighted by atomic mass is 19.4. The maximum Gasteiger partial charge on any atom is 0.416 e. The number of nitrogens with zero attached hydrogens (tertiary/aromatic N) is 1. The Labute approximate surface area is 173 Å². The number of carbonyl (C=O) groups is 2. The van der Waals surface area contributed by atoms with Crippen molar-refractivity contribution < 1.29 is 22.8 Å². The van der Waals surface area contributed by atoms with Crippen LogP contribution >= 0.6 is 0 Å². The van der Waals surface area contributed by atoms with Gasteiger partial charge >= 0.3 is 6.18 Å². The summed E-state index contributed by atoms with van der Waals surface area (Å²) in [6.45, 7) is 1.95. The van der Waals surface area contributed by atoms with Crippen molar-refractivity contribution >= 4 is 17.5 Å². The van der Waals surface area contributed by atoms with E-state index in [1.807, 2.05) is 12.1 Å². The van der Waals surface area contributed by atoms with Crippen molar-refractivity contribution in [2.24, 2.45) is 11.7 Å². The van der Waals surface area contributed by atoms with Gasteiger partial charge in [-0.3, -0.25) is 14.5 Å². The molecule has 1 heterocycles. The first kappa shape index (κ1) is 21.8. The van der Waals surface area contributed by atoms with Crippen LogP contribution in [0.25, 0.3) is 0 Å². The molecule has 0 aliphatic carbocycles. The molecule has 1 aliphatic rings. The van der Waals surface area contributed by atoms with E-state index in [0.717, 1.165) is 37.1 Å². The van der Waals surface area contributed by atoms with Crippen LogP contribution in [0.3, 0.4) is 0 Å². The number of amides is 2. The summed E-state index contributed by atoms with van der Waals surface area (Å²) in [5.41, 5.74) is 6.43. The lowest BCUT2D eigenvalue weighted by molar-refractivity contribution is -0.137. The van der Waals surface area contributed by atoms with Crippen LogP contribution in [-0.4, -0.2) is 29.8 Å². The molecule has 0 bridgehead atoms. The number of hydrogen-bond acceptors (Lipinski definition) is 3. The third-order valence-electron chi connectivity index (χ3n) is 5.21. The Morgan fingerprint density at radius 1 is 1.13 bits per heavy atom. The summed E-state index contributed by atoms with van der Waals surface area (Å²) in [4.78, 5) is 26.1. The minimum absolute atomic E-state index is 0.161. The number of rotatable bonds is 6. The van der Waals surface area contributed by atoms with Crippen molar-refractivity contribution in [3.8, 4) is 0 Å². The second-order valence-corrected chi connectivity index (χ2v) is 7.56. The van der Waals surface area contributed by atoms with Crippen molar-refractivity contribution in [2.75, 3.05) is 18.4 Å². The average molecular weight is 419 g/mol. The van der Waals surface area contributed by atoms with E-state index in [1.54, 1.807) is 12.1 Å². The Morgan fingerprint density at radius 2 is 1.90 bits per heavy atom. The maximum absolute atomic E-state index is 12.9. The predicted octanol–water partition coefficient (Wildman–Crippen LogP) is 3.58. The quantitative estimate of drug-likeness (QED) is 0.752. The summed E-state index contributed by atoms with van der Waals surface area (Å²) in [6, 6.07) is 12.0. The van der Waals surface area contributed by atoms with Gasteiger partial charge in [-0.25, -0.2) is 0 Å². The number of nitrogens with one attached hydrogen (secondary N) is 1. The number of carbonyl (C=O) groups excluding carboxylic acids is 2. The van der Waals surface area contributed by atoms with E-state index in [1.165, 1.54) is 12.1 Å². The van der Waals surface area contributed by atoms with Crippen LogP contribution < -0.4 is 11.1 Å². The molecular formula is C22H24F3N3O2. The summed E-state index contributed by atoms with van der Waals surface area (Å²) in [7, 11) is 0. The van der Waals surface area contributed by atoms with E-state index in [2.05, 4.69) is 10.2 Å². The highest BCUT2D eigenvalue weighted by Gasteiger charge is 2.30. The number of halogens is 3. The normalized spacial score (nSPS) is 17.5. The molecule has 1 fully saturated rings. The monoisotopic (exact) mass is 419 g/mol. The third kappa shape index (κ3) is 5.82. The zero-order valence-corrected chi connectivity index (χ0v) is 16.4. The number of piperidine rings is 1. The summed E-state index contributed by atoms with van der Waals surface area (Å²) in [5, 5.41) is 2.80. The van der Waals surface area contributed by atoms with Crippen molar-refractivity contribution in [3.05, 3.63) is 65.2 Å². The van der Waals surface area contributed by atoms with Gasteiger partial charge in [0.05, 0.1) is 17.9 Å². The molecule has 30 heavy (non-hydrogen) atoms. The fourth-order valence-electron chi connectivity index (χ4n) is 3.69. The third-order valence-corrected chi connectivity index (χ3v) is 5.21.